The summed E-state index contributed by atoms with van der Waals surface area (Å²) >= 11 is 0. The van der Waals surface area contributed by atoms with Crippen molar-refractivity contribution in [2.75, 3.05) is 26.2 Å². The van der Waals surface area contributed by atoms with Crippen LogP contribution in [-0.4, -0.2) is 51.6 Å². The van der Waals surface area contributed by atoms with Crippen molar-refractivity contribution < 1.29 is 18.0 Å². The molecule has 2 aliphatic rings. The smallest absolute Gasteiger partial charge is 0.352 e. The van der Waals surface area contributed by atoms with Crippen LogP contribution >= 0.6 is 0 Å². The number of rotatable bonds is 7. The quantitative estimate of drug-likeness (QED) is 0.401. The molecule has 1 N–H and O–H groups in total. The normalized spacial score (nSPS) is 18.2. The summed E-state index contributed by atoms with van der Waals surface area (Å²) in [5.41, 5.74) is 1.48. The van der Waals surface area contributed by atoms with E-state index in [0.717, 1.165) is 37.6 Å². The maximum Gasteiger partial charge on any atom is 0.416 e. The Kier molecular flexibility index (Phi) is 8.02. The fourth-order valence-corrected chi connectivity index (χ4v) is 5.94. The molecule has 9 heteroatoms. The minimum absolute atomic E-state index is 0.206. The second-order valence-electron chi connectivity index (χ2n) is 10.9. The SMILES string of the molecule is Cc1c(C(=O)NCCC2CCN(CC3CCCCC3)CC2)cnc2cc(-c3cccc(C(F)(F)F)c3)nn12. The average Bonchev–Trinajstić information content (AvgIpc) is 3.36. The second kappa shape index (κ2) is 11.4. The molecule has 3 heterocycles. The zero-order valence-corrected chi connectivity index (χ0v) is 21.9. The topological polar surface area (TPSA) is 62.5 Å². The Hall–Kier alpha value is -2.94. The molecule has 1 aliphatic heterocycles. The standard InChI is InChI=1S/C29H36F3N5O/c1-20-25(18-34-27-17-26(35-37(20)27)23-8-5-9-24(16-23)29(30,31)32)28(38)33-13-10-21-11-14-36(15-12-21)19-22-6-3-2-4-7-22/h5,8-9,16-18,21-22H,2-4,6-7,10-15,19H2,1H3,(H,33,38). The molecular weight excluding hydrogens is 491 g/mol. The van der Waals surface area contributed by atoms with Crippen LogP contribution in [0.5, 0.6) is 0 Å². The molecule has 0 spiro atoms. The van der Waals surface area contributed by atoms with E-state index >= 15 is 0 Å². The maximum absolute atomic E-state index is 13.1. The molecule has 0 bridgehead atoms. The fourth-order valence-electron chi connectivity index (χ4n) is 5.94. The molecule has 6 nitrogen and oxygen atoms in total. The van der Waals surface area contributed by atoms with E-state index < -0.39 is 11.7 Å². The van der Waals surface area contributed by atoms with Crippen molar-refractivity contribution in [1.82, 2.24) is 24.8 Å². The summed E-state index contributed by atoms with van der Waals surface area (Å²) in [6, 6.07) is 6.69. The number of nitrogens with one attached hydrogen (secondary N) is 1. The van der Waals surface area contributed by atoms with Gasteiger partial charge in [-0.1, -0.05) is 31.4 Å². The van der Waals surface area contributed by atoms with E-state index in [1.54, 1.807) is 19.1 Å². The number of hydrogen-bond acceptors (Lipinski definition) is 4. The van der Waals surface area contributed by atoms with Gasteiger partial charge in [0.25, 0.3) is 5.91 Å². The molecule has 3 aromatic rings. The Bertz CT molecular complexity index is 1260. The third-order valence-electron chi connectivity index (χ3n) is 8.24. The van der Waals surface area contributed by atoms with Gasteiger partial charge >= 0.3 is 6.18 Å². The lowest BCUT2D eigenvalue weighted by atomic mass is 9.87. The summed E-state index contributed by atoms with van der Waals surface area (Å²) in [6.07, 6.45) is 7.35. The predicted octanol–water partition coefficient (Wildman–Crippen LogP) is 6.14. The monoisotopic (exact) mass is 527 g/mol. The van der Waals surface area contributed by atoms with E-state index in [-0.39, 0.29) is 5.91 Å². The number of halogens is 3. The highest BCUT2D eigenvalue weighted by atomic mass is 19.4. The lowest BCUT2D eigenvalue weighted by Crippen LogP contribution is -2.38. The van der Waals surface area contributed by atoms with Crippen molar-refractivity contribution in [2.45, 2.75) is 64.5 Å². The molecule has 1 aromatic carbocycles. The predicted molar refractivity (Wildman–Crippen MR) is 141 cm³/mol. The van der Waals surface area contributed by atoms with Crippen molar-refractivity contribution in [1.29, 1.82) is 0 Å². The molecule has 38 heavy (non-hydrogen) atoms. The summed E-state index contributed by atoms with van der Waals surface area (Å²) in [5.74, 6) is 1.30. The number of benzene rings is 1. The summed E-state index contributed by atoms with van der Waals surface area (Å²) < 4.78 is 40.9. The van der Waals surface area contributed by atoms with Crippen LogP contribution in [-0.2, 0) is 6.18 Å². The first-order chi connectivity index (χ1) is 18.3. The van der Waals surface area contributed by atoms with Gasteiger partial charge in [-0.3, -0.25) is 4.79 Å². The Balaban J connectivity index is 1.15. The van der Waals surface area contributed by atoms with Crippen LogP contribution in [0.15, 0.2) is 36.5 Å². The van der Waals surface area contributed by atoms with E-state index in [1.165, 1.54) is 68.3 Å². The van der Waals surface area contributed by atoms with Crippen molar-refractivity contribution in [2.24, 2.45) is 11.8 Å². The molecule has 0 atom stereocenters. The van der Waals surface area contributed by atoms with Gasteiger partial charge in [0.15, 0.2) is 5.65 Å². The fraction of sp³-hybridized carbons (Fsp3) is 0.552. The lowest BCUT2D eigenvalue weighted by Gasteiger charge is -2.35. The first-order valence-corrected chi connectivity index (χ1v) is 13.8. The number of nitrogens with zero attached hydrogens (tertiary/aromatic N) is 4. The first-order valence-electron chi connectivity index (χ1n) is 13.8. The molecule has 5 rings (SSSR count). The average molecular weight is 528 g/mol. The van der Waals surface area contributed by atoms with Crippen LogP contribution in [0.4, 0.5) is 13.2 Å². The molecule has 1 amide bonds. The second-order valence-corrected chi connectivity index (χ2v) is 10.9. The van der Waals surface area contributed by atoms with Crippen molar-refractivity contribution >= 4 is 11.6 Å². The van der Waals surface area contributed by atoms with Gasteiger partial charge in [-0.2, -0.15) is 18.3 Å². The zero-order valence-electron chi connectivity index (χ0n) is 21.9. The van der Waals surface area contributed by atoms with Crippen LogP contribution in [0.2, 0.25) is 0 Å². The van der Waals surface area contributed by atoms with Crippen molar-refractivity contribution in [3.8, 4) is 11.3 Å². The third kappa shape index (κ3) is 6.20. The molecule has 1 saturated carbocycles. The molecule has 2 fully saturated rings. The molecule has 204 valence electrons. The van der Waals surface area contributed by atoms with Crippen LogP contribution in [0.3, 0.4) is 0 Å². The van der Waals surface area contributed by atoms with Crippen molar-refractivity contribution in [3.05, 3.63) is 53.3 Å². The number of fused-ring (bicyclic) bond motifs is 1. The molecule has 1 saturated heterocycles. The van der Waals surface area contributed by atoms with Crippen molar-refractivity contribution in [3.63, 3.8) is 0 Å². The number of aryl methyl sites for hydroxylation is 1. The van der Waals surface area contributed by atoms with Gasteiger partial charge in [0.05, 0.1) is 22.5 Å². The van der Waals surface area contributed by atoms with Gasteiger partial charge in [-0.15, -0.1) is 0 Å². The largest absolute Gasteiger partial charge is 0.416 e. The Labute approximate surface area is 221 Å². The minimum Gasteiger partial charge on any atom is -0.352 e. The molecule has 2 aromatic heterocycles. The summed E-state index contributed by atoms with van der Waals surface area (Å²) in [6.45, 7) is 5.94. The minimum atomic E-state index is -4.43. The molecule has 0 radical (unpaired) electrons. The van der Waals surface area contributed by atoms with Gasteiger partial charge in [0.1, 0.15) is 0 Å². The highest BCUT2D eigenvalue weighted by molar-refractivity contribution is 5.95. The highest BCUT2D eigenvalue weighted by Crippen LogP contribution is 2.32. The lowest BCUT2D eigenvalue weighted by molar-refractivity contribution is -0.137. The third-order valence-corrected chi connectivity index (χ3v) is 8.24. The number of likely N-dealkylation sites (tertiary alicyclic amines) is 1. The zero-order chi connectivity index (χ0) is 26.7. The van der Waals surface area contributed by atoms with Crippen LogP contribution in [0.1, 0.15) is 73.0 Å². The number of carbonyl (C=O) groups excluding carboxylic acids is 1. The van der Waals surface area contributed by atoms with E-state index in [2.05, 4.69) is 20.3 Å². The van der Waals surface area contributed by atoms with Crippen LogP contribution in [0, 0.1) is 18.8 Å². The van der Waals surface area contributed by atoms with Gasteiger partial charge in [0, 0.05) is 30.9 Å². The highest BCUT2D eigenvalue weighted by Gasteiger charge is 2.30. The number of piperidine rings is 1. The summed E-state index contributed by atoms with van der Waals surface area (Å²) in [7, 11) is 0. The number of amides is 1. The molecule has 0 unspecified atom stereocenters. The molecule has 1 aliphatic carbocycles. The van der Waals surface area contributed by atoms with Crippen LogP contribution < -0.4 is 5.32 Å². The van der Waals surface area contributed by atoms with E-state index in [9.17, 15) is 18.0 Å². The maximum atomic E-state index is 13.1. The number of hydrogen-bond donors (Lipinski definition) is 1. The van der Waals surface area contributed by atoms with Gasteiger partial charge in [-0.25, -0.2) is 9.50 Å². The van der Waals surface area contributed by atoms with E-state index in [0.29, 0.717) is 40.6 Å². The summed E-state index contributed by atoms with van der Waals surface area (Å²) in [4.78, 5) is 19.9. The molecular formula is C29H36F3N5O. The Morgan fingerprint density at radius 2 is 1.82 bits per heavy atom. The summed E-state index contributed by atoms with van der Waals surface area (Å²) in [5, 5.41) is 7.49. The first kappa shape index (κ1) is 26.7. The van der Waals surface area contributed by atoms with E-state index in [4.69, 9.17) is 0 Å². The van der Waals surface area contributed by atoms with E-state index in [1.807, 2.05) is 0 Å². The number of aromatic nitrogens is 3. The van der Waals surface area contributed by atoms with Gasteiger partial charge in [-0.05, 0) is 76.1 Å². The van der Waals surface area contributed by atoms with Gasteiger partial charge < -0.3 is 10.2 Å². The van der Waals surface area contributed by atoms with Crippen LogP contribution in [0.25, 0.3) is 16.9 Å². The Morgan fingerprint density at radius 3 is 2.55 bits per heavy atom. The van der Waals surface area contributed by atoms with Gasteiger partial charge in [0.2, 0.25) is 0 Å². The number of carbonyl (C=O) groups is 1. The Morgan fingerprint density at radius 1 is 1.05 bits per heavy atom. The number of alkyl halides is 3.